The summed E-state index contributed by atoms with van der Waals surface area (Å²) in [4.78, 5) is 0. The van der Waals surface area contributed by atoms with Crippen LogP contribution < -0.4 is 4.74 Å². The van der Waals surface area contributed by atoms with E-state index in [1.54, 1.807) is 19.1 Å². The van der Waals surface area contributed by atoms with E-state index >= 15 is 0 Å². The van der Waals surface area contributed by atoms with Gasteiger partial charge in [-0.1, -0.05) is 32.3 Å². The van der Waals surface area contributed by atoms with E-state index in [1.165, 1.54) is 18.9 Å². The van der Waals surface area contributed by atoms with E-state index in [9.17, 15) is 9.50 Å². The van der Waals surface area contributed by atoms with Crippen LogP contribution in [-0.4, -0.2) is 11.7 Å². The van der Waals surface area contributed by atoms with Gasteiger partial charge in [0.05, 0.1) is 12.7 Å². The van der Waals surface area contributed by atoms with Crippen LogP contribution in [0.15, 0.2) is 18.2 Å². The van der Waals surface area contributed by atoms with Crippen molar-refractivity contribution in [2.24, 2.45) is 0 Å². The Morgan fingerprint density at radius 1 is 1.29 bits per heavy atom. The quantitative estimate of drug-likeness (QED) is 0.734. The molecule has 0 aliphatic heterocycles. The molecule has 0 aliphatic rings. The van der Waals surface area contributed by atoms with Gasteiger partial charge in [0.25, 0.3) is 0 Å². The van der Waals surface area contributed by atoms with Gasteiger partial charge in [-0.05, 0) is 31.0 Å². The van der Waals surface area contributed by atoms with Gasteiger partial charge in [0, 0.05) is 0 Å². The molecule has 0 amide bonds. The summed E-state index contributed by atoms with van der Waals surface area (Å²) >= 11 is 0. The molecule has 0 saturated heterocycles. The molecule has 1 aromatic rings. The number of benzene rings is 1. The summed E-state index contributed by atoms with van der Waals surface area (Å²) in [5.41, 5.74) is 0.570. The average Bonchev–Trinajstić information content (AvgIpc) is 2.30. The number of hydrogen-bond donors (Lipinski definition) is 1. The van der Waals surface area contributed by atoms with Crippen LogP contribution in [0.25, 0.3) is 0 Å². The van der Waals surface area contributed by atoms with E-state index in [2.05, 4.69) is 6.92 Å². The normalized spacial score (nSPS) is 12.5. The number of rotatable bonds is 7. The van der Waals surface area contributed by atoms with Gasteiger partial charge in [-0.25, -0.2) is 4.39 Å². The number of unbranched alkanes of at least 4 members (excludes halogenated alkanes) is 3. The molecule has 0 radical (unpaired) electrons. The molecule has 0 aliphatic carbocycles. The summed E-state index contributed by atoms with van der Waals surface area (Å²) in [5, 5.41) is 9.30. The third-order valence-corrected chi connectivity index (χ3v) is 2.69. The first kappa shape index (κ1) is 14.0. The predicted octanol–water partition coefficient (Wildman–Crippen LogP) is 3.84. The molecule has 0 bridgehead atoms. The Hall–Kier alpha value is -1.09. The standard InChI is InChI=1S/C14H21FO2/c1-3-4-5-6-9-17-14-8-7-12(11(2)16)10-13(14)15/h7-8,10-11,16H,3-6,9H2,1-2H3/t11-/m1/s1. The van der Waals surface area contributed by atoms with Crippen LogP contribution in [0.3, 0.4) is 0 Å². The lowest BCUT2D eigenvalue weighted by Gasteiger charge is -2.09. The third kappa shape index (κ3) is 4.73. The van der Waals surface area contributed by atoms with Crippen molar-refractivity contribution in [3.63, 3.8) is 0 Å². The van der Waals surface area contributed by atoms with Gasteiger partial charge in [0.2, 0.25) is 0 Å². The summed E-state index contributed by atoms with van der Waals surface area (Å²) in [7, 11) is 0. The highest BCUT2D eigenvalue weighted by atomic mass is 19.1. The lowest BCUT2D eigenvalue weighted by atomic mass is 10.1. The molecule has 0 saturated carbocycles. The second-order valence-corrected chi connectivity index (χ2v) is 4.27. The van der Waals surface area contributed by atoms with Gasteiger partial charge in [0.1, 0.15) is 0 Å². The van der Waals surface area contributed by atoms with Crippen molar-refractivity contribution in [1.82, 2.24) is 0 Å². The molecular formula is C14H21FO2. The number of halogens is 1. The average molecular weight is 240 g/mol. The first-order valence-electron chi connectivity index (χ1n) is 6.25. The summed E-state index contributed by atoms with van der Waals surface area (Å²) in [6.07, 6.45) is 3.78. The molecule has 0 unspecified atom stereocenters. The lowest BCUT2D eigenvalue weighted by Crippen LogP contribution is -2.00. The van der Waals surface area contributed by atoms with E-state index in [-0.39, 0.29) is 5.75 Å². The minimum atomic E-state index is -0.650. The van der Waals surface area contributed by atoms with Gasteiger partial charge in [-0.3, -0.25) is 0 Å². The molecular weight excluding hydrogens is 219 g/mol. The fraction of sp³-hybridized carbons (Fsp3) is 0.571. The first-order valence-corrected chi connectivity index (χ1v) is 6.25. The SMILES string of the molecule is CCCCCCOc1ccc([C@@H](C)O)cc1F. The van der Waals surface area contributed by atoms with Gasteiger partial charge in [-0.2, -0.15) is 0 Å². The highest BCUT2D eigenvalue weighted by Gasteiger charge is 2.07. The van der Waals surface area contributed by atoms with Crippen LogP contribution in [0.5, 0.6) is 5.75 Å². The highest BCUT2D eigenvalue weighted by Crippen LogP contribution is 2.22. The predicted molar refractivity (Wildman–Crippen MR) is 66.7 cm³/mol. The molecule has 96 valence electrons. The molecule has 1 rings (SSSR count). The van der Waals surface area contributed by atoms with Crippen molar-refractivity contribution in [2.45, 2.75) is 45.6 Å². The zero-order valence-corrected chi connectivity index (χ0v) is 10.6. The van der Waals surface area contributed by atoms with Crippen molar-refractivity contribution in [2.75, 3.05) is 6.61 Å². The molecule has 0 heterocycles. The van der Waals surface area contributed by atoms with E-state index in [0.29, 0.717) is 12.2 Å². The fourth-order valence-electron chi connectivity index (χ4n) is 1.60. The van der Waals surface area contributed by atoms with Crippen LogP contribution >= 0.6 is 0 Å². The second-order valence-electron chi connectivity index (χ2n) is 4.27. The zero-order valence-electron chi connectivity index (χ0n) is 10.6. The molecule has 0 fully saturated rings. The van der Waals surface area contributed by atoms with Crippen molar-refractivity contribution < 1.29 is 14.2 Å². The van der Waals surface area contributed by atoms with Crippen molar-refractivity contribution in [3.05, 3.63) is 29.6 Å². The molecule has 17 heavy (non-hydrogen) atoms. The maximum Gasteiger partial charge on any atom is 0.165 e. The maximum atomic E-state index is 13.5. The highest BCUT2D eigenvalue weighted by molar-refractivity contribution is 5.30. The van der Waals surface area contributed by atoms with E-state index in [1.807, 2.05) is 0 Å². The van der Waals surface area contributed by atoms with Crippen molar-refractivity contribution in [1.29, 1.82) is 0 Å². The Morgan fingerprint density at radius 2 is 2.06 bits per heavy atom. The minimum Gasteiger partial charge on any atom is -0.491 e. The number of hydrogen-bond acceptors (Lipinski definition) is 2. The monoisotopic (exact) mass is 240 g/mol. The van der Waals surface area contributed by atoms with Gasteiger partial charge < -0.3 is 9.84 Å². The van der Waals surface area contributed by atoms with Crippen molar-refractivity contribution >= 4 is 0 Å². The largest absolute Gasteiger partial charge is 0.491 e. The molecule has 1 aromatic carbocycles. The Kier molecular flexibility index (Phi) is 5.98. The Bertz CT molecular complexity index is 337. The minimum absolute atomic E-state index is 0.269. The smallest absolute Gasteiger partial charge is 0.165 e. The van der Waals surface area contributed by atoms with Gasteiger partial charge in [-0.15, -0.1) is 0 Å². The van der Waals surface area contributed by atoms with Crippen LogP contribution in [0, 0.1) is 5.82 Å². The molecule has 3 heteroatoms. The number of aliphatic hydroxyl groups is 1. The number of aliphatic hydroxyl groups excluding tert-OH is 1. The lowest BCUT2D eigenvalue weighted by molar-refractivity contribution is 0.198. The molecule has 1 N–H and O–H groups in total. The van der Waals surface area contributed by atoms with Crippen LogP contribution in [0.2, 0.25) is 0 Å². The summed E-state index contributed by atoms with van der Waals surface area (Å²) in [5.74, 6) is -0.134. The summed E-state index contributed by atoms with van der Waals surface area (Å²) in [6.45, 7) is 4.31. The maximum absolute atomic E-state index is 13.5. The van der Waals surface area contributed by atoms with Gasteiger partial charge in [0.15, 0.2) is 11.6 Å². The topological polar surface area (TPSA) is 29.5 Å². The van der Waals surface area contributed by atoms with Crippen molar-refractivity contribution in [3.8, 4) is 5.75 Å². The first-order chi connectivity index (χ1) is 8.15. The van der Waals surface area contributed by atoms with E-state index in [4.69, 9.17) is 4.74 Å². The summed E-state index contributed by atoms with van der Waals surface area (Å²) < 4.78 is 18.9. The molecule has 0 spiro atoms. The molecule has 0 aromatic heterocycles. The van der Waals surface area contributed by atoms with Crippen LogP contribution in [0.4, 0.5) is 4.39 Å². The summed E-state index contributed by atoms with van der Waals surface area (Å²) in [6, 6.07) is 4.60. The third-order valence-electron chi connectivity index (χ3n) is 2.69. The van der Waals surface area contributed by atoms with Gasteiger partial charge >= 0.3 is 0 Å². The Balaban J connectivity index is 2.43. The zero-order chi connectivity index (χ0) is 12.7. The fourth-order valence-corrected chi connectivity index (χ4v) is 1.60. The second kappa shape index (κ2) is 7.28. The van der Waals surface area contributed by atoms with E-state index in [0.717, 1.165) is 12.8 Å². The molecule has 2 nitrogen and oxygen atoms in total. The van der Waals surface area contributed by atoms with Crippen LogP contribution in [-0.2, 0) is 0 Å². The molecule has 1 atom stereocenters. The Morgan fingerprint density at radius 3 is 2.65 bits per heavy atom. The van der Waals surface area contributed by atoms with Crippen LogP contribution in [0.1, 0.15) is 51.2 Å². The Labute approximate surface area is 102 Å². The van der Waals surface area contributed by atoms with E-state index < -0.39 is 11.9 Å². The number of ether oxygens (including phenoxy) is 1.